The van der Waals surface area contributed by atoms with Crippen molar-refractivity contribution >= 4 is 55.5 Å². The Hall–Kier alpha value is -14.1. The second-order valence-corrected chi connectivity index (χ2v) is 20.2. The zero-order valence-corrected chi connectivity index (χ0v) is 48.5. The average Bonchev–Trinajstić information content (AvgIpc) is 0.844. The third kappa shape index (κ3) is 14.3. The van der Waals surface area contributed by atoms with Crippen molar-refractivity contribution in [1.29, 1.82) is 0 Å². The lowest BCUT2D eigenvalue weighted by atomic mass is 10.1. The zero-order chi connectivity index (χ0) is 67.0. The van der Waals surface area contributed by atoms with Gasteiger partial charge in [0.25, 0.3) is 0 Å². The van der Waals surface area contributed by atoms with E-state index in [-0.39, 0.29) is 136 Å². The van der Waals surface area contributed by atoms with E-state index >= 15 is 0 Å². The Kier molecular flexibility index (Phi) is 17.7. The maximum atomic E-state index is 12.0. The number of phenolic OH excluding ortho intramolecular Hbond substituents is 7. The first kappa shape index (κ1) is 62.5. The van der Waals surface area contributed by atoms with Crippen LogP contribution < -0.4 is 27.1 Å². The third-order valence-electron chi connectivity index (χ3n) is 13.7. The van der Waals surface area contributed by atoms with E-state index in [1.165, 1.54) is 146 Å². The van der Waals surface area contributed by atoms with Crippen LogP contribution in [0.5, 0.6) is 57.6 Å². The molecule has 0 bridgehead atoms. The van der Waals surface area contributed by atoms with Gasteiger partial charge < -0.3 is 73.2 Å². The number of pyridine rings is 5. The highest BCUT2D eigenvalue weighted by Gasteiger charge is 2.16. The topological polar surface area (TPSA) is 418 Å². The predicted molar refractivity (Wildman–Crippen MR) is 345 cm³/mol. The summed E-state index contributed by atoms with van der Waals surface area (Å²) in [5, 5.41) is 95.0. The van der Waals surface area contributed by atoms with Crippen molar-refractivity contribution in [3.8, 4) is 114 Å². The minimum absolute atomic E-state index is 0.0602. The Morgan fingerprint density at radius 1 is 0.274 bits per heavy atom. The van der Waals surface area contributed by atoms with Crippen LogP contribution in [0.2, 0.25) is 0 Å². The molecule has 25 heteroatoms. The number of nitrogens with zero attached hydrogens (tertiary/aromatic N) is 5. The number of rotatable bonds is 5. The summed E-state index contributed by atoms with van der Waals surface area (Å²) < 4.78 is 27.5. The van der Waals surface area contributed by atoms with Crippen molar-refractivity contribution in [2.75, 3.05) is 0 Å². The molecular formula is C70H45N5O20. The van der Waals surface area contributed by atoms with Crippen LogP contribution in [0.15, 0.2) is 259 Å². The summed E-state index contributed by atoms with van der Waals surface area (Å²) in [6, 6.07) is 45.6. The fraction of sp³-hybridized carbons (Fsp3) is 0. The van der Waals surface area contributed by atoms with Crippen LogP contribution in [0, 0.1) is 0 Å². The van der Waals surface area contributed by atoms with Crippen LogP contribution in [0.3, 0.4) is 0 Å². The van der Waals surface area contributed by atoms with Crippen molar-refractivity contribution < 1.29 is 73.2 Å². The Morgan fingerprint density at radius 3 is 1.24 bits per heavy atom. The normalized spacial score (nSPS) is 10.7. The van der Waals surface area contributed by atoms with E-state index in [2.05, 4.69) is 24.9 Å². The molecule has 0 aliphatic rings. The second kappa shape index (κ2) is 26.9. The van der Waals surface area contributed by atoms with Crippen LogP contribution in [0.4, 0.5) is 0 Å². The molecule has 15 aromatic rings. The fourth-order valence-corrected chi connectivity index (χ4v) is 9.09. The molecule has 0 radical (unpaired) electrons. The van der Waals surface area contributed by atoms with Gasteiger partial charge in [-0.05, 0) is 146 Å². The Morgan fingerprint density at radius 2 is 0.705 bits per heavy atom. The molecule has 0 spiro atoms. The highest BCUT2D eigenvalue weighted by Crippen LogP contribution is 2.34. The zero-order valence-electron chi connectivity index (χ0n) is 48.5. The van der Waals surface area contributed by atoms with Crippen LogP contribution in [-0.4, -0.2) is 76.0 Å². The summed E-state index contributed by atoms with van der Waals surface area (Å²) in [6.45, 7) is 0. The molecular weight excluding hydrogens is 1230 g/mol. The van der Waals surface area contributed by atoms with Gasteiger partial charge in [0, 0.05) is 83.3 Å². The van der Waals surface area contributed by atoms with Gasteiger partial charge in [-0.1, -0.05) is 0 Å². The first-order valence-corrected chi connectivity index (χ1v) is 27.8. The average molecular weight is 1280 g/mol. The molecule has 0 amide bonds. The van der Waals surface area contributed by atoms with Crippen molar-refractivity contribution in [3.63, 3.8) is 0 Å². The van der Waals surface area contributed by atoms with Crippen molar-refractivity contribution in [1.82, 2.24) is 24.9 Å². The summed E-state index contributed by atoms with van der Waals surface area (Å²) in [5.41, 5.74) is 2.17. The minimum Gasteiger partial charge on any atom is -0.508 e. The van der Waals surface area contributed by atoms with Gasteiger partial charge in [0.15, 0.2) is 38.6 Å². The first-order chi connectivity index (χ1) is 45.7. The monoisotopic (exact) mass is 1280 g/mol. The number of hydrogen-bond donors (Lipinski definition) is 10. The van der Waals surface area contributed by atoms with Gasteiger partial charge in [-0.15, -0.1) is 0 Å². The van der Waals surface area contributed by atoms with Gasteiger partial charge in [0.1, 0.15) is 74.4 Å². The Labute approximate surface area is 529 Å². The van der Waals surface area contributed by atoms with Crippen molar-refractivity contribution in [3.05, 3.63) is 264 Å². The maximum absolute atomic E-state index is 12.0. The van der Waals surface area contributed by atoms with Gasteiger partial charge in [0.05, 0.1) is 33.3 Å². The number of hydrogen-bond acceptors (Lipinski definition) is 25. The smallest absolute Gasteiger partial charge is 0.234 e. The lowest BCUT2D eigenvalue weighted by molar-refractivity contribution is 0.404. The summed E-state index contributed by atoms with van der Waals surface area (Å²) >= 11 is 0. The minimum atomic E-state index is -0.366. The van der Waals surface area contributed by atoms with Crippen LogP contribution in [-0.2, 0) is 0 Å². The van der Waals surface area contributed by atoms with E-state index < -0.39 is 0 Å². The standard InChI is InChI=1S/5C14H9NO4/c16-9-3-1-8(2-4-9)13-6-12(18)11-5-10(17)7-15-14(11)19-13;16-9-3-1-8(2-4-9)12-7-11(18)13-10(17)5-6-15-14(13)19-12;16-9-3-1-8(2-4-9)12-7-11(17)10-5-6-13(18)15-14(10)19-12;16-8-3-4-9(11(17)6-8)13-7-12(18)10-2-1-5-15-14(10)19-13;16-10-4-3-8(6-12(10)18)13-7-11(17)9-2-1-5-15-14(9)19-13/h1-7,16-17H;1-7,16H,(H,15,17);1-7,16H,(H,15,18);1-7,16-17H;1-7,16,18H. The van der Waals surface area contributed by atoms with E-state index in [9.17, 15) is 75.0 Å². The van der Waals surface area contributed by atoms with E-state index in [0.717, 1.165) is 0 Å². The molecule has 0 saturated carbocycles. The fourth-order valence-electron chi connectivity index (χ4n) is 9.09. The lowest BCUT2D eigenvalue weighted by Gasteiger charge is -2.05. The molecule has 0 unspecified atom stereocenters. The molecule has 15 rings (SSSR count). The van der Waals surface area contributed by atoms with E-state index in [1.807, 2.05) is 0 Å². The van der Waals surface area contributed by atoms with Gasteiger partial charge >= 0.3 is 0 Å². The molecule has 0 fully saturated rings. The van der Waals surface area contributed by atoms with Gasteiger partial charge in [-0.25, -0.2) is 19.9 Å². The molecule has 25 nitrogen and oxygen atoms in total. The molecule has 0 aliphatic carbocycles. The number of aromatic hydroxyl groups is 10. The van der Waals surface area contributed by atoms with Crippen LogP contribution in [0.25, 0.3) is 112 Å². The van der Waals surface area contributed by atoms with E-state index in [1.54, 1.807) is 66.7 Å². The SMILES string of the molecule is O=c1cc(-c2ccc(O)c(O)c2)oc2ncccc12.O=c1cc(-c2ccc(O)cc2)oc2nc(O)ccc12.O=c1cc(-c2ccc(O)cc2)oc2ncc(O)cc12.O=c1cc(-c2ccc(O)cc2)oc2nccc(O)c12.O=c1cc(-c2ccc(O)cc2O)oc2ncccc12. The third-order valence-corrected chi connectivity index (χ3v) is 13.7. The van der Waals surface area contributed by atoms with Crippen LogP contribution in [0.1, 0.15) is 0 Å². The molecule has 0 saturated heterocycles. The molecule has 5 aromatic carbocycles. The summed E-state index contributed by atoms with van der Waals surface area (Å²) in [7, 11) is 0. The first-order valence-electron chi connectivity index (χ1n) is 27.8. The highest BCUT2D eigenvalue weighted by molar-refractivity contribution is 5.82. The molecule has 10 N–H and O–H groups in total. The van der Waals surface area contributed by atoms with E-state index in [0.29, 0.717) is 61.3 Å². The van der Waals surface area contributed by atoms with Crippen LogP contribution >= 0.6 is 0 Å². The van der Waals surface area contributed by atoms with E-state index in [4.69, 9.17) is 22.1 Å². The second-order valence-electron chi connectivity index (χ2n) is 20.2. The molecule has 470 valence electrons. The number of phenols is 7. The lowest BCUT2D eigenvalue weighted by Crippen LogP contribution is -2.01. The van der Waals surface area contributed by atoms with Gasteiger partial charge in [0.2, 0.25) is 34.4 Å². The van der Waals surface area contributed by atoms with Crippen molar-refractivity contribution in [2.45, 2.75) is 0 Å². The maximum Gasteiger partial charge on any atom is 0.234 e. The quantitative estimate of drug-likeness (QED) is 0.0715. The highest BCUT2D eigenvalue weighted by atomic mass is 16.4. The Balaban J connectivity index is 0.000000121. The summed E-state index contributed by atoms with van der Waals surface area (Å²) in [4.78, 5) is 79.2. The van der Waals surface area contributed by atoms with Gasteiger partial charge in [-0.2, -0.15) is 4.98 Å². The predicted octanol–water partition coefficient (Wildman–Crippen LogP) is 11.3. The number of fused-ring (bicyclic) bond motifs is 5. The number of benzene rings is 5. The summed E-state index contributed by atoms with van der Waals surface area (Å²) in [6.07, 6.45) is 5.63. The van der Waals surface area contributed by atoms with Gasteiger partial charge in [-0.3, -0.25) is 24.0 Å². The molecule has 10 heterocycles. The largest absolute Gasteiger partial charge is 0.508 e. The van der Waals surface area contributed by atoms with Crippen molar-refractivity contribution in [2.24, 2.45) is 0 Å². The Bertz CT molecular complexity index is 5640. The molecule has 0 atom stereocenters. The molecule has 10 aromatic heterocycles. The molecule has 0 aliphatic heterocycles. The number of aromatic nitrogens is 5. The molecule has 95 heavy (non-hydrogen) atoms. The summed E-state index contributed by atoms with van der Waals surface area (Å²) in [5.74, 6) is 0.696.